The van der Waals surface area contributed by atoms with Crippen LogP contribution in [-0.4, -0.2) is 30.3 Å². The summed E-state index contributed by atoms with van der Waals surface area (Å²) in [7, 11) is 1.38. The van der Waals surface area contributed by atoms with Crippen LogP contribution in [0.4, 0.5) is 37.8 Å². The highest BCUT2D eigenvalue weighted by atomic mass is 19.4. The van der Waals surface area contributed by atoms with E-state index in [1.165, 1.54) is 34.0 Å². The van der Waals surface area contributed by atoms with Gasteiger partial charge in [-0.1, -0.05) is 24.3 Å². The summed E-state index contributed by atoms with van der Waals surface area (Å²) in [6.45, 7) is 5.79. The van der Waals surface area contributed by atoms with Gasteiger partial charge in [-0.3, -0.25) is 9.59 Å². The summed E-state index contributed by atoms with van der Waals surface area (Å²) in [5.41, 5.74) is -2.86. The molecule has 0 atom stereocenters. The van der Waals surface area contributed by atoms with Crippen molar-refractivity contribution < 1.29 is 35.9 Å². The Morgan fingerprint density at radius 2 is 1.41 bits per heavy atom. The van der Waals surface area contributed by atoms with Crippen LogP contribution in [0, 0.1) is 6.92 Å². The van der Waals surface area contributed by atoms with Crippen LogP contribution in [-0.2, 0) is 27.4 Å². The van der Waals surface area contributed by atoms with Gasteiger partial charge in [-0.05, 0) is 68.7 Å². The van der Waals surface area contributed by atoms with Gasteiger partial charge in [0.25, 0.3) is 0 Å². The van der Waals surface area contributed by atoms with Crippen LogP contribution < -0.4 is 10.2 Å². The highest BCUT2D eigenvalue weighted by molar-refractivity contribution is 6.03. The molecule has 39 heavy (non-hydrogen) atoms. The quantitative estimate of drug-likeness (QED) is 0.320. The summed E-state index contributed by atoms with van der Waals surface area (Å²) in [5, 5.41) is 2.89. The number of nitrogens with one attached hydrogen (secondary N) is 1. The van der Waals surface area contributed by atoms with Gasteiger partial charge >= 0.3 is 12.4 Å². The molecule has 3 aromatic rings. The van der Waals surface area contributed by atoms with Crippen molar-refractivity contribution in [1.29, 1.82) is 0 Å². The zero-order valence-corrected chi connectivity index (χ0v) is 21.9. The molecule has 0 saturated carbocycles. The maximum atomic E-state index is 13.7. The first-order chi connectivity index (χ1) is 17.9. The monoisotopic (exact) mass is 551 g/mol. The van der Waals surface area contributed by atoms with Gasteiger partial charge in [-0.15, -0.1) is 0 Å². The fraction of sp³-hybridized carbons (Fsp3) is 0.321. The maximum absolute atomic E-state index is 13.7. The molecule has 5 nitrogen and oxygen atoms in total. The van der Waals surface area contributed by atoms with E-state index in [0.29, 0.717) is 23.5 Å². The fourth-order valence-corrected chi connectivity index (χ4v) is 4.09. The van der Waals surface area contributed by atoms with Gasteiger partial charge in [0.15, 0.2) is 0 Å². The average molecular weight is 552 g/mol. The molecule has 0 unspecified atom stereocenters. The van der Waals surface area contributed by atoms with Crippen LogP contribution in [0.2, 0.25) is 0 Å². The van der Waals surface area contributed by atoms with Crippen molar-refractivity contribution in [3.63, 3.8) is 0 Å². The van der Waals surface area contributed by atoms with E-state index < -0.39 is 40.4 Å². The minimum atomic E-state index is -5.05. The van der Waals surface area contributed by atoms with E-state index in [9.17, 15) is 35.9 Å². The summed E-state index contributed by atoms with van der Waals surface area (Å²) in [4.78, 5) is 30.6. The molecule has 1 heterocycles. The van der Waals surface area contributed by atoms with Crippen molar-refractivity contribution >= 4 is 23.2 Å². The molecule has 0 saturated heterocycles. The maximum Gasteiger partial charge on any atom is 0.416 e. The molecule has 0 fully saturated rings. The standard InChI is InChI=1S/C28H27F6N3O2/c1-16-8-6-7-9-21(16)22-13-24(35-14-17(2)38)36-15-23(22)37(5)25(39)26(3,4)18-10-19(27(29,30)31)12-20(11-18)28(32,33)34/h6-13,15H,14H2,1-5H3,(H,35,36). The number of aryl methyl sites for hydroxylation is 1. The lowest BCUT2D eigenvalue weighted by molar-refractivity contribution is -0.143. The number of Topliss-reactive ketones (excluding diaryl/α,β-unsaturated/α-hetero) is 1. The molecule has 0 bridgehead atoms. The van der Waals surface area contributed by atoms with E-state index in [2.05, 4.69) is 10.3 Å². The number of hydrogen-bond acceptors (Lipinski definition) is 4. The van der Waals surface area contributed by atoms with Crippen LogP contribution in [0.15, 0.2) is 54.7 Å². The number of rotatable bonds is 7. The molecule has 0 aliphatic rings. The first kappa shape index (κ1) is 29.7. The summed E-state index contributed by atoms with van der Waals surface area (Å²) >= 11 is 0. The Bertz CT molecular complexity index is 1360. The molecule has 11 heteroatoms. The van der Waals surface area contributed by atoms with E-state index >= 15 is 0 Å². The molecule has 0 aliphatic carbocycles. The molecule has 0 spiro atoms. The van der Waals surface area contributed by atoms with Crippen molar-refractivity contribution in [2.24, 2.45) is 0 Å². The number of pyridine rings is 1. The molecule has 208 valence electrons. The predicted octanol–water partition coefficient (Wildman–Crippen LogP) is 7.04. The van der Waals surface area contributed by atoms with E-state index in [1.807, 2.05) is 19.1 Å². The number of halogens is 6. The fourth-order valence-electron chi connectivity index (χ4n) is 4.09. The Balaban J connectivity index is 2.13. The number of likely N-dealkylation sites (N-methyl/N-ethyl adjacent to an activating group) is 1. The third kappa shape index (κ3) is 6.58. The van der Waals surface area contributed by atoms with Gasteiger partial charge in [-0.25, -0.2) is 4.98 Å². The smallest absolute Gasteiger partial charge is 0.363 e. The number of nitrogens with zero attached hydrogens (tertiary/aromatic N) is 2. The number of aromatic nitrogens is 1. The van der Waals surface area contributed by atoms with E-state index in [0.717, 1.165) is 16.0 Å². The van der Waals surface area contributed by atoms with Crippen molar-refractivity contribution in [3.05, 3.63) is 77.0 Å². The van der Waals surface area contributed by atoms with E-state index in [1.54, 1.807) is 18.2 Å². The third-order valence-electron chi connectivity index (χ3n) is 6.35. The summed E-state index contributed by atoms with van der Waals surface area (Å²) in [6, 6.07) is 10.0. The topological polar surface area (TPSA) is 62.3 Å². The number of carbonyl (C=O) groups is 2. The molecule has 1 amide bonds. The van der Waals surface area contributed by atoms with E-state index in [-0.39, 0.29) is 24.1 Å². The van der Waals surface area contributed by atoms with Crippen LogP contribution in [0.25, 0.3) is 11.1 Å². The predicted molar refractivity (Wildman–Crippen MR) is 136 cm³/mol. The zero-order chi connectivity index (χ0) is 29.3. The van der Waals surface area contributed by atoms with Crippen molar-refractivity contribution in [3.8, 4) is 11.1 Å². The Hall–Kier alpha value is -3.89. The second-order valence-corrected chi connectivity index (χ2v) is 9.74. The second kappa shape index (κ2) is 10.7. The lowest BCUT2D eigenvalue weighted by atomic mass is 9.81. The number of hydrogen-bond donors (Lipinski definition) is 1. The van der Waals surface area contributed by atoms with Crippen LogP contribution >= 0.6 is 0 Å². The first-order valence-corrected chi connectivity index (χ1v) is 11.8. The van der Waals surface area contributed by atoms with Crippen LogP contribution in [0.1, 0.15) is 43.0 Å². The normalized spacial score (nSPS) is 12.3. The van der Waals surface area contributed by atoms with Crippen LogP contribution in [0.5, 0.6) is 0 Å². The van der Waals surface area contributed by atoms with Gasteiger partial charge in [-0.2, -0.15) is 26.3 Å². The average Bonchev–Trinajstić information content (AvgIpc) is 2.85. The van der Waals surface area contributed by atoms with E-state index in [4.69, 9.17) is 0 Å². The Kier molecular flexibility index (Phi) is 8.14. The summed E-state index contributed by atoms with van der Waals surface area (Å²) in [5.74, 6) is -0.539. The number of carbonyl (C=O) groups excluding carboxylic acids is 2. The Labute approximate surface area is 221 Å². The first-order valence-electron chi connectivity index (χ1n) is 11.8. The summed E-state index contributed by atoms with van der Waals surface area (Å²) in [6.07, 6.45) is -8.73. The lowest BCUT2D eigenvalue weighted by Crippen LogP contribution is -2.42. The zero-order valence-electron chi connectivity index (χ0n) is 21.9. The van der Waals surface area contributed by atoms with Gasteiger partial charge < -0.3 is 10.2 Å². The largest absolute Gasteiger partial charge is 0.416 e. The van der Waals surface area contributed by atoms with Crippen molar-refractivity contribution in [1.82, 2.24) is 4.98 Å². The number of alkyl halides is 6. The Morgan fingerprint density at radius 3 is 1.92 bits per heavy atom. The number of anilines is 2. The van der Waals surface area contributed by atoms with Crippen molar-refractivity contribution in [2.45, 2.75) is 45.5 Å². The molecular weight excluding hydrogens is 524 g/mol. The van der Waals surface area contributed by atoms with Gasteiger partial charge in [0.05, 0.1) is 35.0 Å². The second-order valence-electron chi connectivity index (χ2n) is 9.74. The highest BCUT2D eigenvalue weighted by Gasteiger charge is 2.41. The molecule has 1 aromatic heterocycles. The SMILES string of the molecule is CC(=O)CNc1cc(-c2ccccc2C)c(N(C)C(=O)C(C)(C)c2cc(C(F)(F)F)cc(C(F)(F)F)c2)cn1. The van der Waals surface area contributed by atoms with Gasteiger partial charge in [0.2, 0.25) is 5.91 Å². The lowest BCUT2D eigenvalue weighted by Gasteiger charge is -2.32. The number of benzene rings is 2. The summed E-state index contributed by atoms with van der Waals surface area (Å²) < 4.78 is 80.9. The molecule has 2 aromatic carbocycles. The van der Waals surface area contributed by atoms with Gasteiger partial charge in [0.1, 0.15) is 11.6 Å². The molecule has 0 radical (unpaired) electrons. The Morgan fingerprint density at radius 1 is 0.872 bits per heavy atom. The molecule has 3 rings (SSSR count). The highest BCUT2D eigenvalue weighted by Crippen LogP contribution is 2.41. The molecule has 0 aliphatic heterocycles. The minimum absolute atomic E-state index is 0.0123. The minimum Gasteiger partial charge on any atom is -0.363 e. The van der Waals surface area contributed by atoms with Crippen LogP contribution in [0.3, 0.4) is 0 Å². The van der Waals surface area contributed by atoms with Gasteiger partial charge in [0, 0.05) is 12.6 Å². The van der Waals surface area contributed by atoms with Crippen molar-refractivity contribution in [2.75, 3.05) is 23.8 Å². The third-order valence-corrected chi connectivity index (χ3v) is 6.35. The molecular formula is C28H27F6N3O2. The number of amides is 1. The number of ketones is 1. The molecule has 1 N–H and O–H groups in total.